The molecule has 0 heterocycles. The van der Waals surface area contributed by atoms with Crippen LogP contribution in [0.5, 0.6) is 0 Å². The molecule has 4 fully saturated rings. The smallest absolute Gasteiger partial charge is 0.163 e. The van der Waals surface area contributed by atoms with Crippen LogP contribution in [0.15, 0.2) is 0 Å². The first kappa shape index (κ1) is 19.3. The van der Waals surface area contributed by atoms with Crippen molar-refractivity contribution in [1.82, 2.24) is 0 Å². The maximum atomic E-state index is 12.8. The number of Topliss-reactive ketones (excluding diaryl/α,β-unsaturated/α-hetero) is 1. The first-order valence-corrected chi connectivity index (χ1v) is 11.9. The highest BCUT2D eigenvalue weighted by molar-refractivity contribution is 7.93. The van der Waals surface area contributed by atoms with E-state index in [1.807, 2.05) is 6.26 Å². The molecule has 3 nitrogen and oxygen atoms in total. The molecule has 148 valence electrons. The van der Waals surface area contributed by atoms with E-state index in [0.29, 0.717) is 23.0 Å². The second-order valence-electron chi connectivity index (χ2n) is 10.2. The summed E-state index contributed by atoms with van der Waals surface area (Å²) < 4.78 is 5.38. The fourth-order valence-corrected chi connectivity index (χ4v) is 8.22. The number of aliphatic hydroxyl groups excluding tert-OH is 1. The summed E-state index contributed by atoms with van der Waals surface area (Å²) in [5.41, 5.74) is 0.616. The van der Waals surface area contributed by atoms with Crippen molar-refractivity contribution >= 4 is 17.8 Å². The molecule has 4 saturated carbocycles. The minimum atomic E-state index is -0.0663. The summed E-state index contributed by atoms with van der Waals surface area (Å²) in [6.45, 7) is 5.23. The van der Waals surface area contributed by atoms with Crippen molar-refractivity contribution < 1.29 is 14.1 Å². The molecule has 0 aromatic rings. The van der Waals surface area contributed by atoms with Crippen LogP contribution in [0.2, 0.25) is 0 Å². The van der Waals surface area contributed by atoms with Gasteiger partial charge in [-0.3, -0.25) is 4.79 Å². The molecule has 0 aromatic heterocycles. The van der Waals surface area contributed by atoms with Crippen molar-refractivity contribution in [3.8, 4) is 0 Å². The second-order valence-corrected chi connectivity index (χ2v) is 10.7. The van der Waals surface area contributed by atoms with Crippen LogP contribution < -0.4 is 0 Å². The fraction of sp³-hybridized carbons (Fsp3) is 0.955. The number of ketones is 1. The topological polar surface area (TPSA) is 46.5 Å². The molecular weight excluding hydrogens is 344 g/mol. The summed E-state index contributed by atoms with van der Waals surface area (Å²) in [5.74, 6) is 3.58. The predicted octanol–water partition coefficient (Wildman–Crippen LogP) is 4.87. The van der Waals surface area contributed by atoms with Gasteiger partial charge in [0.1, 0.15) is 6.61 Å². The van der Waals surface area contributed by atoms with Crippen molar-refractivity contribution in [3.05, 3.63) is 0 Å². The van der Waals surface area contributed by atoms with E-state index in [1.54, 1.807) is 0 Å². The van der Waals surface area contributed by atoms with E-state index >= 15 is 0 Å². The molecule has 0 bridgehead atoms. The van der Waals surface area contributed by atoms with Crippen molar-refractivity contribution in [2.75, 3.05) is 12.9 Å². The van der Waals surface area contributed by atoms with E-state index in [0.717, 1.165) is 31.1 Å². The molecule has 26 heavy (non-hydrogen) atoms. The molecule has 4 aliphatic rings. The second kappa shape index (κ2) is 7.08. The quantitative estimate of drug-likeness (QED) is 0.707. The molecule has 0 saturated heterocycles. The zero-order chi connectivity index (χ0) is 18.5. The van der Waals surface area contributed by atoms with Gasteiger partial charge in [-0.2, -0.15) is 0 Å². The maximum absolute atomic E-state index is 12.8. The molecule has 0 spiro atoms. The van der Waals surface area contributed by atoms with Gasteiger partial charge in [-0.05, 0) is 104 Å². The van der Waals surface area contributed by atoms with E-state index in [1.165, 1.54) is 50.6 Å². The number of carbonyl (C=O) groups is 1. The standard InChI is InChI=1S/C22H36O3S/c1-21-10-8-15(23)12-14(21)4-5-16-17-6-7-19(20(24)13-25-26-3)22(17,2)11-9-18(16)21/h14-19,23H,4-13H2,1-3H3/t14-,15+,16-,17-,18-,19+,21-,22-/m0/s1. The van der Waals surface area contributed by atoms with Gasteiger partial charge in [0.25, 0.3) is 0 Å². The molecule has 0 amide bonds. The third kappa shape index (κ3) is 2.90. The lowest BCUT2D eigenvalue weighted by molar-refractivity contribution is -0.140. The Morgan fingerprint density at radius 2 is 1.77 bits per heavy atom. The SMILES string of the molecule is CSOCC(=O)[C@H]1CC[C@H]2[C@@H]3CC[C@H]4C[C@H](O)CC[C@]4(C)[C@H]3CC[C@]12C. The van der Waals surface area contributed by atoms with Crippen LogP contribution in [0.4, 0.5) is 0 Å². The Balaban J connectivity index is 1.53. The Morgan fingerprint density at radius 3 is 2.54 bits per heavy atom. The molecule has 8 atom stereocenters. The lowest BCUT2D eigenvalue weighted by atomic mass is 9.44. The van der Waals surface area contributed by atoms with Gasteiger partial charge in [-0.1, -0.05) is 13.8 Å². The third-order valence-electron chi connectivity index (χ3n) is 9.35. The molecule has 4 heteroatoms. The summed E-state index contributed by atoms with van der Waals surface area (Å²) in [7, 11) is 0. The molecule has 0 aliphatic heterocycles. The molecule has 4 rings (SSSR count). The number of hydrogen-bond acceptors (Lipinski definition) is 4. The van der Waals surface area contributed by atoms with Gasteiger partial charge in [0.15, 0.2) is 5.78 Å². The number of carbonyl (C=O) groups excluding carboxylic acids is 1. The van der Waals surface area contributed by atoms with Gasteiger partial charge >= 0.3 is 0 Å². The number of hydrogen-bond donors (Lipinski definition) is 1. The fourth-order valence-electron chi connectivity index (χ4n) is 7.98. The summed E-state index contributed by atoms with van der Waals surface area (Å²) in [6, 6.07) is 0. The average molecular weight is 381 g/mol. The lowest BCUT2D eigenvalue weighted by Gasteiger charge is -2.60. The van der Waals surface area contributed by atoms with Gasteiger partial charge in [0.2, 0.25) is 0 Å². The van der Waals surface area contributed by atoms with Crippen LogP contribution >= 0.6 is 12.0 Å². The van der Waals surface area contributed by atoms with Crippen LogP contribution in [0, 0.1) is 40.4 Å². The molecule has 1 N–H and O–H groups in total. The number of fused-ring (bicyclic) bond motifs is 5. The molecular formula is C22H36O3S. The third-order valence-corrected chi connectivity index (χ3v) is 9.70. The Labute approximate surface area is 163 Å². The number of aliphatic hydroxyl groups is 1. The Morgan fingerprint density at radius 1 is 1.04 bits per heavy atom. The van der Waals surface area contributed by atoms with E-state index in [9.17, 15) is 9.90 Å². The van der Waals surface area contributed by atoms with Gasteiger partial charge in [0.05, 0.1) is 6.10 Å². The van der Waals surface area contributed by atoms with E-state index < -0.39 is 0 Å². The van der Waals surface area contributed by atoms with E-state index in [4.69, 9.17) is 4.18 Å². The minimum Gasteiger partial charge on any atom is -0.393 e. The van der Waals surface area contributed by atoms with E-state index in [2.05, 4.69) is 13.8 Å². The van der Waals surface area contributed by atoms with Crippen LogP contribution in [0.25, 0.3) is 0 Å². The highest BCUT2D eigenvalue weighted by Gasteiger charge is 2.61. The zero-order valence-corrected chi connectivity index (χ0v) is 17.5. The highest BCUT2D eigenvalue weighted by atomic mass is 32.2. The summed E-state index contributed by atoms with van der Waals surface area (Å²) >= 11 is 1.31. The van der Waals surface area contributed by atoms with Crippen LogP contribution in [-0.2, 0) is 8.98 Å². The minimum absolute atomic E-state index is 0.0663. The van der Waals surface area contributed by atoms with Gasteiger partial charge in [0, 0.05) is 12.2 Å². The molecule has 4 aliphatic carbocycles. The average Bonchev–Trinajstić information content (AvgIpc) is 2.97. The zero-order valence-electron chi connectivity index (χ0n) is 16.7. The lowest BCUT2D eigenvalue weighted by Crippen LogP contribution is -2.54. The molecule has 0 aromatic carbocycles. The van der Waals surface area contributed by atoms with Gasteiger partial charge < -0.3 is 9.29 Å². The summed E-state index contributed by atoms with van der Waals surface area (Å²) in [4.78, 5) is 12.8. The Bertz CT molecular complexity index is 552. The Hall–Kier alpha value is -0.0600. The number of rotatable bonds is 4. The van der Waals surface area contributed by atoms with Crippen LogP contribution in [0.3, 0.4) is 0 Å². The molecule has 0 radical (unpaired) electrons. The van der Waals surface area contributed by atoms with E-state index in [-0.39, 0.29) is 24.0 Å². The molecule has 0 unspecified atom stereocenters. The van der Waals surface area contributed by atoms with Crippen molar-refractivity contribution in [2.45, 2.75) is 77.7 Å². The largest absolute Gasteiger partial charge is 0.393 e. The first-order valence-electron chi connectivity index (χ1n) is 10.8. The maximum Gasteiger partial charge on any atom is 0.163 e. The van der Waals surface area contributed by atoms with Crippen LogP contribution in [-0.4, -0.2) is 29.9 Å². The normalized spacial score (nSPS) is 50.6. The van der Waals surface area contributed by atoms with Crippen molar-refractivity contribution in [2.24, 2.45) is 40.4 Å². The summed E-state index contributed by atoms with van der Waals surface area (Å²) in [5, 5.41) is 10.2. The predicted molar refractivity (Wildman–Crippen MR) is 106 cm³/mol. The van der Waals surface area contributed by atoms with Gasteiger partial charge in [-0.15, -0.1) is 0 Å². The van der Waals surface area contributed by atoms with Crippen molar-refractivity contribution in [1.29, 1.82) is 0 Å². The van der Waals surface area contributed by atoms with Crippen molar-refractivity contribution in [3.63, 3.8) is 0 Å². The van der Waals surface area contributed by atoms with Crippen LogP contribution in [0.1, 0.15) is 71.6 Å². The Kier molecular flexibility index (Phi) is 5.24. The highest BCUT2D eigenvalue weighted by Crippen LogP contribution is 2.67. The van der Waals surface area contributed by atoms with Gasteiger partial charge in [-0.25, -0.2) is 0 Å². The monoisotopic (exact) mass is 380 g/mol. The summed E-state index contributed by atoms with van der Waals surface area (Å²) in [6.07, 6.45) is 12.4. The first-order chi connectivity index (χ1) is 12.4.